The predicted octanol–water partition coefficient (Wildman–Crippen LogP) is 4.28. The van der Waals surface area contributed by atoms with E-state index in [0.29, 0.717) is 35.7 Å². The van der Waals surface area contributed by atoms with E-state index >= 15 is 0 Å². The number of ether oxygens (including phenoxy) is 2. The summed E-state index contributed by atoms with van der Waals surface area (Å²) < 4.78 is 23.9. The van der Waals surface area contributed by atoms with E-state index in [0.717, 1.165) is 0 Å². The van der Waals surface area contributed by atoms with Gasteiger partial charge in [0.1, 0.15) is 17.3 Å². The number of amides is 1. The van der Waals surface area contributed by atoms with Crippen LogP contribution in [0.5, 0.6) is 11.5 Å². The normalized spacial score (nSPS) is 14.1. The highest BCUT2D eigenvalue weighted by Crippen LogP contribution is 2.35. The molecule has 26 heavy (non-hydrogen) atoms. The first-order chi connectivity index (χ1) is 12.5. The molecule has 0 fully saturated rings. The summed E-state index contributed by atoms with van der Waals surface area (Å²) in [5.41, 5.74) is 1.04. The first kappa shape index (κ1) is 17.7. The molecule has 0 N–H and O–H groups in total. The van der Waals surface area contributed by atoms with Gasteiger partial charge in [-0.25, -0.2) is 9.18 Å². The van der Waals surface area contributed by atoms with E-state index in [2.05, 4.69) is 0 Å². The second-order valence-electron chi connectivity index (χ2n) is 5.69. The zero-order chi connectivity index (χ0) is 18.7. The number of hydrogen-bond acceptors (Lipinski definition) is 4. The molecule has 1 aliphatic rings. The van der Waals surface area contributed by atoms with E-state index in [-0.39, 0.29) is 17.4 Å². The van der Waals surface area contributed by atoms with Crippen LogP contribution >= 0.6 is 0 Å². The number of nitrogens with zero attached hydrogens (tertiary/aromatic N) is 1. The van der Waals surface area contributed by atoms with E-state index in [9.17, 15) is 14.0 Å². The maximum absolute atomic E-state index is 13.0. The monoisotopic (exact) mass is 355 g/mol. The van der Waals surface area contributed by atoms with Crippen LogP contribution in [0.15, 0.2) is 48.2 Å². The summed E-state index contributed by atoms with van der Waals surface area (Å²) in [6, 6.07) is 10.4. The summed E-state index contributed by atoms with van der Waals surface area (Å²) in [5, 5.41) is 0. The summed E-state index contributed by atoms with van der Waals surface area (Å²) in [4.78, 5) is 26.0. The van der Waals surface area contributed by atoms with Gasteiger partial charge in [-0.05, 0) is 49.8 Å². The minimum atomic E-state index is -0.457. The minimum absolute atomic E-state index is 0.138. The molecular formula is C20H18FNO4. The molecule has 0 saturated heterocycles. The lowest BCUT2D eigenvalue weighted by Gasteiger charge is -2.17. The molecule has 1 aliphatic heterocycles. The summed E-state index contributed by atoms with van der Waals surface area (Å²) in [6.07, 6.45) is 1.09. The molecule has 0 spiro atoms. The molecule has 1 heterocycles. The Morgan fingerprint density at radius 3 is 2.50 bits per heavy atom. The fourth-order valence-corrected chi connectivity index (χ4v) is 2.59. The Hall–Kier alpha value is -3.15. The van der Waals surface area contributed by atoms with Crippen LogP contribution in [-0.2, 0) is 0 Å². The van der Waals surface area contributed by atoms with Gasteiger partial charge in [0.25, 0.3) is 0 Å². The van der Waals surface area contributed by atoms with Crippen LogP contribution in [0.3, 0.4) is 0 Å². The van der Waals surface area contributed by atoms with E-state index in [1.807, 2.05) is 13.8 Å². The number of halogens is 1. The summed E-state index contributed by atoms with van der Waals surface area (Å²) in [7, 11) is 0. The molecule has 2 aromatic carbocycles. The molecule has 5 nitrogen and oxygen atoms in total. The maximum Gasteiger partial charge on any atom is 0.415 e. The highest BCUT2D eigenvalue weighted by atomic mass is 19.1. The van der Waals surface area contributed by atoms with Crippen LogP contribution in [0.2, 0.25) is 0 Å². The topological polar surface area (TPSA) is 55.8 Å². The fraction of sp³-hybridized carbons (Fsp3) is 0.200. The van der Waals surface area contributed by atoms with Gasteiger partial charge in [-0.1, -0.05) is 12.1 Å². The molecule has 1 amide bonds. The van der Waals surface area contributed by atoms with Crippen molar-refractivity contribution in [2.45, 2.75) is 13.8 Å². The van der Waals surface area contributed by atoms with Gasteiger partial charge in [0.2, 0.25) is 5.78 Å². The van der Waals surface area contributed by atoms with Crippen molar-refractivity contribution in [3.63, 3.8) is 0 Å². The van der Waals surface area contributed by atoms with Crippen molar-refractivity contribution in [2.75, 3.05) is 13.1 Å². The van der Waals surface area contributed by atoms with Crippen LogP contribution in [-0.4, -0.2) is 29.9 Å². The molecule has 6 heteroatoms. The fourth-order valence-electron chi connectivity index (χ4n) is 2.59. The molecule has 0 aromatic heterocycles. The number of ketones is 1. The van der Waals surface area contributed by atoms with Crippen molar-refractivity contribution in [1.82, 2.24) is 4.90 Å². The van der Waals surface area contributed by atoms with Gasteiger partial charge < -0.3 is 14.4 Å². The molecule has 134 valence electrons. The van der Waals surface area contributed by atoms with Gasteiger partial charge in [0, 0.05) is 19.2 Å². The Labute approximate surface area is 150 Å². The molecule has 2 aromatic rings. The van der Waals surface area contributed by atoms with Gasteiger partial charge in [0.05, 0.1) is 5.56 Å². The SMILES string of the molecule is CCN(CC)C(=O)Oc1ccc2c(c1)OC(=Cc1ccc(F)cc1)C2=O. The lowest BCUT2D eigenvalue weighted by Crippen LogP contribution is -2.33. The van der Waals surface area contributed by atoms with Crippen LogP contribution in [0.4, 0.5) is 9.18 Å². The summed E-state index contributed by atoms with van der Waals surface area (Å²) >= 11 is 0. The van der Waals surface area contributed by atoms with Gasteiger partial charge >= 0.3 is 6.09 Å². The van der Waals surface area contributed by atoms with E-state index in [1.165, 1.54) is 18.2 Å². The van der Waals surface area contributed by atoms with Gasteiger partial charge in [-0.15, -0.1) is 0 Å². The zero-order valence-electron chi connectivity index (χ0n) is 14.5. The first-order valence-electron chi connectivity index (χ1n) is 8.32. The van der Waals surface area contributed by atoms with Crippen molar-refractivity contribution >= 4 is 18.0 Å². The quantitative estimate of drug-likeness (QED) is 0.768. The molecule has 0 unspecified atom stereocenters. The smallest absolute Gasteiger partial charge is 0.415 e. The van der Waals surface area contributed by atoms with Crippen molar-refractivity contribution in [2.24, 2.45) is 0 Å². The number of benzene rings is 2. The van der Waals surface area contributed by atoms with Crippen LogP contribution < -0.4 is 9.47 Å². The second-order valence-corrected chi connectivity index (χ2v) is 5.69. The van der Waals surface area contributed by atoms with Crippen LogP contribution in [0, 0.1) is 5.82 Å². The van der Waals surface area contributed by atoms with Crippen LogP contribution in [0.1, 0.15) is 29.8 Å². The lowest BCUT2D eigenvalue weighted by molar-refractivity contribution is 0.101. The largest absolute Gasteiger partial charge is 0.452 e. The van der Waals surface area contributed by atoms with Crippen molar-refractivity contribution in [3.05, 3.63) is 65.2 Å². The van der Waals surface area contributed by atoms with Gasteiger partial charge in [-0.3, -0.25) is 4.79 Å². The number of carbonyl (C=O) groups is 2. The third kappa shape index (κ3) is 3.59. The number of Topliss-reactive ketones (excluding diaryl/α,β-unsaturated/α-hetero) is 1. The van der Waals surface area contributed by atoms with Crippen LogP contribution in [0.25, 0.3) is 6.08 Å². The van der Waals surface area contributed by atoms with Gasteiger partial charge in [0.15, 0.2) is 5.76 Å². The Morgan fingerprint density at radius 1 is 1.15 bits per heavy atom. The number of allylic oxidation sites excluding steroid dienone is 1. The van der Waals surface area contributed by atoms with Crippen molar-refractivity contribution in [1.29, 1.82) is 0 Å². The van der Waals surface area contributed by atoms with E-state index in [4.69, 9.17) is 9.47 Å². The second kappa shape index (κ2) is 7.39. The molecule has 0 radical (unpaired) electrons. The Bertz CT molecular complexity index is 870. The Morgan fingerprint density at radius 2 is 1.85 bits per heavy atom. The zero-order valence-corrected chi connectivity index (χ0v) is 14.5. The van der Waals surface area contributed by atoms with Crippen molar-refractivity contribution in [3.8, 4) is 11.5 Å². The third-order valence-electron chi connectivity index (χ3n) is 4.04. The number of hydrogen-bond donors (Lipinski definition) is 0. The molecule has 3 rings (SSSR count). The average Bonchev–Trinajstić information content (AvgIpc) is 2.93. The van der Waals surface area contributed by atoms with E-state index in [1.54, 1.807) is 35.2 Å². The summed E-state index contributed by atoms with van der Waals surface area (Å²) in [6.45, 7) is 4.81. The lowest BCUT2D eigenvalue weighted by atomic mass is 10.1. The first-order valence-corrected chi connectivity index (χ1v) is 8.32. The Balaban J connectivity index is 1.80. The molecule has 0 bridgehead atoms. The molecular weight excluding hydrogens is 337 g/mol. The van der Waals surface area contributed by atoms with E-state index < -0.39 is 6.09 Å². The highest BCUT2D eigenvalue weighted by molar-refractivity contribution is 6.14. The predicted molar refractivity (Wildman–Crippen MR) is 94.7 cm³/mol. The number of rotatable bonds is 4. The Kier molecular flexibility index (Phi) is 5.02. The number of fused-ring (bicyclic) bond motifs is 1. The molecule has 0 atom stereocenters. The highest BCUT2D eigenvalue weighted by Gasteiger charge is 2.28. The maximum atomic E-state index is 13.0. The molecule has 0 aliphatic carbocycles. The standard InChI is InChI=1S/C20H18FNO4/c1-3-22(4-2)20(24)25-15-9-10-16-17(12-15)26-18(19(16)23)11-13-5-7-14(21)8-6-13/h5-12H,3-4H2,1-2H3. The third-order valence-corrected chi connectivity index (χ3v) is 4.04. The summed E-state index contributed by atoms with van der Waals surface area (Å²) in [5.74, 6) is 0.142. The minimum Gasteiger partial charge on any atom is -0.452 e. The van der Waals surface area contributed by atoms with Gasteiger partial charge in [-0.2, -0.15) is 0 Å². The molecule has 0 saturated carbocycles. The average molecular weight is 355 g/mol. The number of carbonyl (C=O) groups excluding carboxylic acids is 2. The van der Waals surface area contributed by atoms with Crippen molar-refractivity contribution < 1.29 is 23.5 Å².